The summed E-state index contributed by atoms with van der Waals surface area (Å²) in [6, 6.07) is 0. The van der Waals surface area contributed by atoms with Crippen LogP contribution in [0.4, 0.5) is 11.6 Å². The molecule has 0 unspecified atom stereocenters. The van der Waals surface area contributed by atoms with Crippen molar-refractivity contribution in [3.05, 3.63) is 12.4 Å². The first-order chi connectivity index (χ1) is 7.07. The van der Waals surface area contributed by atoms with E-state index in [1.54, 1.807) is 12.4 Å². The van der Waals surface area contributed by atoms with Crippen molar-refractivity contribution in [2.24, 2.45) is 0 Å². The van der Waals surface area contributed by atoms with Crippen LogP contribution in [0.25, 0.3) is 0 Å². The van der Waals surface area contributed by atoms with E-state index in [4.69, 9.17) is 0 Å². The fraction of sp³-hybridized carbons (Fsp3) is 0.636. The molecule has 1 heterocycles. The number of hydrogen-bond acceptors (Lipinski definition) is 4. The van der Waals surface area contributed by atoms with Crippen molar-refractivity contribution >= 4 is 11.6 Å². The lowest BCUT2D eigenvalue weighted by Crippen LogP contribution is -2.30. The Labute approximate surface area is 91.5 Å². The molecule has 1 rings (SSSR count). The molecular formula is C11H20N4. The molecule has 0 bridgehead atoms. The second kappa shape index (κ2) is 4.96. The molecule has 0 aliphatic heterocycles. The molecule has 0 atom stereocenters. The summed E-state index contributed by atoms with van der Waals surface area (Å²) in [5.74, 6) is 1.63. The Morgan fingerprint density at radius 2 is 1.87 bits per heavy atom. The first kappa shape index (κ1) is 11.8. The van der Waals surface area contributed by atoms with Crippen molar-refractivity contribution in [3.8, 4) is 0 Å². The Balaban J connectivity index is 2.73. The van der Waals surface area contributed by atoms with Gasteiger partial charge in [-0.05, 0) is 27.2 Å². The zero-order valence-corrected chi connectivity index (χ0v) is 9.96. The molecule has 0 amide bonds. The molecule has 0 saturated carbocycles. The van der Waals surface area contributed by atoms with Crippen molar-refractivity contribution in [2.75, 3.05) is 17.2 Å². The highest BCUT2D eigenvalue weighted by Gasteiger charge is 2.14. The molecule has 4 heteroatoms. The molecule has 0 saturated heterocycles. The largest absolute Gasteiger partial charge is 0.369 e. The average molecular weight is 208 g/mol. The Hall–Kier alpha value is -1.32. The predicted octanol–water partition coefficient (Wildman–Crippen LogP) is 2.51. The topological polar surface area (TPSA) is 49.8 Å². The van der Waals surface area contributed by atoms with E-state index in [2.05, 4.69) is 41.4 Å². The standard InChI is InChI=1S/C11H20N4/c1-5-11(3,4)15-10-8-12-7-9(14-10)13-6-2/h7-8H,5-6H2,1-4H3,(H2,13,14,15). The third kappa shape index (κ3) is 3.73. The van der Waals surface area contributed by atoms with Gasteiger partial charge in [-0.2, -0.15) is 0 Å². The maximum Gasteiger partial charge on any atom is 0.147 e. The summed E-state index contributed by atoms with van der Waals surface area (Å²) in [5.41, 5.74) is 0.0551. The van der Waals surface area contributed by atoms with Gasteiger partial charge in [0.2, 0.25) is 0 Å². The predicted molar refractivity (Wildman–Crippen MR) is 64.2 cm³/mol. The normalized spacial score (nSPS) is 11.2. The van der Waals surface area contributed by atoms with Crippen molar-refractivity contribution in [2.45, 2.75) is 39.7 Å². The molecule has 0 aliphatic rings. The van der Waals surface area contributed by atoms with E-state index < -0.39 is 0 Å². The van der Waals surface area contributed by atoms with Gasteiger partial charge in [0.1, 0.15) is 11.6 Å². The van der Waals surface area contributed by atoms with Gasteiger partial charge in [-0.25, -0.2) is 4.98 Å². The third-order valence-corrected chi connectivity index (χ3v) is 2.34. The van der Waals surface area contributed by atoms with Crippen LogP contribution in [0.5, 0.6) is 0 Å². The zero-order chi connectivity index (χ0) is 11.3. The minimum Gasteiger partial charge on any atom is -0.369 e. The van der Waals surface area contributed by atoms with E-state index in [0.29, 0.717) is 0 Å². The van der Waals surface area contributed by atoms with Crippen LogP contribution < -0.4 is 10.6 Å². The zero-order valence-electron chi connectivity index (χ0n) is 9.96. The summed E-state index contributed by atoms with van der Waals surface area (Å²) in [4.78, 5) is 8.55. The van der Waals surface area contributed by atoms with Crippen LogP contribution in [-0.2, 0) is 0 Å². The quantitative estimate of drug-likeness (QED) is 0.780. The van der Waals surface area contributed by atoms with E-state index in [1.165, 1.54) is 0 Å². The summed E-state index contributed by atoms with van der Waals surface area (Å²) < 4.78 is 0. The maximum absolute atomic E-state index is 4.41. The fourth-order valence-corrected chi connectivity index (χ4v) is 1.13. The van der Waals surface area contributed by atoms with Crippen molar-refractivity contribution in [1.82, 2.24) is 9.97 Å². The maximum atomic E-state index is 4.41. The summed E-state index contributed by atoms with van der Waals surface area (Å²) in [6.45, 7) is 9.34. The summed E-state index contributed by atoms with van der Waals surface area (Å²) in [7, 11) is 0. The molecule has 4 nitrogen and oxygen atoms in total. The van der Waals surface area contributed by atoms with Gasteiger partial charge in [-0.1, -0.05) is 6.92 Å². The number of nitrogens with one attached hydrogen (secondary N) is 2. The van der Waals surface area contributed by atoms with E-state index in [-0.39, 0.29) is 5.54 Å². The smallest absolute Gasteiger partial charge is 0.147 e. The highest BCUT2D eigenvalue weighted by Crippen LogP contribution is 2.16. The summed E-state index contributed by atoms with van der Waals surface area (Å²) >= 11 is 0. The molecule has 0 radical (unpaired) electrons. The van der Waals surface area contributed by atoms with Gasteiger partial charge in [-0.15, -0.1) is 0 Å². The number of aromatic nitrogens is 2. The Kier molecular flexibility index (Phi) is 3.88. The number of nitrogens with zero attached hydrogens (tertiary/aromatic N) is 2. The number of rotatable bonds is 5. The average Bonchev–Trinajstić information content (AvgIpc) is 2.18. The Bertz CT molecular complexity index is 309. The van der Waals surface area contributed by atoms with E-state index >= 15 is 0 Å². The fourth-order valence-electron chi connectivity index (χ4n) is 1.13. The van der Waals surface area contributed by atoms with Gasteiger partial charge < -0.3 is 10.6 Å². The molecule has 15 heavy (non-hydrogen) atoms. The first-order valence-corrected chi connectivity index (χ1v) is 5.41. The highest BCUT2D eigenvalue weighted by atomic mass is 15.1. The third-order valence-electron chi connectivity index (χ3n) is 2.34. The first-order valence-electron chi connectivity index (χ1n) is 5.41. The SMILES string of the molecule is CCNc1cncc(NC(C)(C)CC)n1. The molecule has 0 aliphatic carbocycles. The van der Waals surface area contributed by atoms with Gasteiger partial charge in [0, 0.05) is 12.1 Å². The number of anilines is 2. The van der Waals surface area contributed by atoms with Crippen LogP contribution in [0.2, 0.25) is 0 Å². The Morgan fingerprint density at radius 3 is 2.47 bits per heavy atom. The van der Waals surface area contributed by atoms with Crippen molar-refractivity contribution < 1.29 is 0 Å². The Morgan fingerprint density at radius 1 is 1.20 bits per heavy atom. The number of hydrogen-bond donors (Lipinski definition) is 2. The van der Waals surface area contributed by atoms with Crippen molar-refractivity contribution in [3.63, 3.8) is 0 Å². The van der Waals surface area contributed by atoms with Crippen LogP contribution in [-0.4, -0.2) is 22.1 Å². The van der Waals surface area contributed by atoms with Crippen LogP contribution in [0.15, 0.2) is 12.4 Å². The lowest BCUT2D eigenvalue weighted by Gasteiger charge is -2.25. The lowest BCUT2D eigenvalue weighted by molar-refractivity contribution is 0.544. The molecule has 0 fully saturated rings. The highest BCUT2D eigenvalue weighted by molar-refractivity contribution is 5.42. The van der Waals surface area contributed by atoms with Crippen LogP contribution in [0.3, 0.4) is 0 Å². The lowest BCUT2D eigenvalue weighted by atomic mass is 10.0. The molecule has 84 valence electrons. The van der Waals surface area contributed by atoms with E-state index in [0.717, 1.165) is 24.6 Å². The van der Waals surface area contributed by atoms with E-state index in [1.807, 2.05) is 6.92 Å². The summed E-state index contributed by atoms with van der Waals surface area (Å²) in [6.07, 6.45) is 4.52. The molecule has 1 aromatic rings. The second-order valence-corrected chi connectivity index (χ2v) is 4.18. The molecule has 1 aromatic heterocycles. The van der Waals surface area contributed by atoms with E-state index in [9.17, 15) is 0 Å². The molecule has 0 aromatic carbocycles. The minimum absolute atomic E-state index is 0.0551. The molecule has 2 N–H and O–H groups in total. The summed E-state index contributed by atoms with van der Waals surface area (Å²) in [5, 5.41) is 6.49. The van der Waals surface area contributed by atoms with Crippen molar-refractivity contribution in [1.29, 1.82) is 0 Å². The van der Waals surface area contributed by atoms with Gasteiger partial charge in [0.15, 0.2) is 0 Å². The van der Waals surface area contributed by atoms with Gasteiger partial charge in [0.05, 0.1) is 12.4 Å². The van der Waals surface area contributed by atoms with Crippen LogP contribution >= 0.6 is 0 Å². The van der Waals surface area contributed by atoms with Crippen LogP contribution in [0.1, 0.15) is 34.1 Å². The van der Waals surface area contributed by atoms with Gasteiger partial charge >= 0.3 is 0 Å². The minimum atomic E-state index is 0.0551. The van der Waals surface area contributed by atoms with Gasteiger partial charge in [0.25, 0.3) is 0 Å². The van der Waals surface area contributed by atoms with Crippen LogP contribution in [0, 0.1) is 0 Å². The monoisotopic (exact) mass is 208 g/mol. The molecular weight excluding hydrogens is 188 g/mol. The second-order valence-electron chi connectivity index (χ2n) is 4.18. The molecule has 0 spiro atoms. The van der Waals surface area contributed by atoms with Gasteiger partial charge in [-0.3, -0.25) is 4.98 Å².